The van der Waals surface area contributed by atoms with Crippen LogP contribution in [0.25, 0.3) is 0 Å². The van der Waals surface area contributed by atoms with E-state index in [4.69, 9.17) is 14.2 Å². The first-order chi connectivity index (χ1) is 15.6. The molecule has 0 aromatic heterocycles. The van der Waals surface area contributed by atoms with Crippen molar-refractivity contribution in [3.8, 4) is 17.2 Å². The van der Waals surface area contributed by atoms with E-state index < -0.39 is 15.3 Å². The number of fused-ring (bicyclic) bond motifs is 1. The van der Waals surface area contributed by atoms with Crippen LogP contribution in [0, 0.1) is 0 Å². The van der Waals surface area contributed by atoms with Crippen molar-refractivity contribution < 1.29 is 27.4 Å². The molecule has 1 saturated heterocycles. The van der Waals surface area contributed by atoms with Gasteiger partial charge in [0.15, 0.2) is 11.5 Å². The Hall–Kier alpha value is -2.74. The Morgan fingerprint density at radius 1 is 1.15 bits per heavy atom. The lowest BCUT2D eigenvalue weighted by Crippen LogP contribution is -2.36. The molecule has 4 rings (SSSR count). The van der Waals surface area contributed by atoms with Gasteiger partial charge in [-0.3, -0.25) is 4.79 Å². The van der Waals surface area contributed by atoms with Crippen molar-refractivity contribution in [3.63, 3.8) is 0 Å². The number of ether oxygens (including phenoxy) is 3. The molecule has 0 radical (unpaired) electrons. The molecule has 2 aromatic rings. The molecule has 0 N–H and O–H groups in total. The summed E-state index contributed by atoms with van der Waals surface area (Å²) in [6.45, 7) is 5.17. The first-order valence-corrected chi connectivity index (χ1v) is 13.3. The van der Waals surface area contributed by atoms with E-state index in [1.54, 1.807) is 0 Å². The van der Waals surface area contributed by atoms with Crippen LogP contribution in [0.15, 0.2) is 42.5 Å². The molecule has 2 aliphatic rings. The van der Waals surface area contributed by atoms with Crippen LogP contribution in [0.4, 0.5) is 0 Å². The molecule has 33 heavy (non-hydrogen) atoms. The van der Waals surface area contributed by atoms with Gasteiger partial charge in [-0.15, -0.1) is 0 Å². The lowest BCUT2D eigenvalue weighted by molar-refractivity contribution is -0.129. The van der Waals surface area contributed by atoms with Crippen LogP contribution in [0.5, 0.6) is 17.2 Å². The largest absolute Gasteiger partial charge is 0.491 e. The highest BCUT2D eigenvalue weighted by Gasteiger charge is 2.42. The summed E-state index contributed by atoms with van der Waals surface area (Å²) in [7, 11) is -3.14. The molecule has 1 fully saturated rings. The second-order valence-corrected chi connectivity index (χ2v) is 11.5. The molecule has 2 heterocycles. The first kappa shape index (κ1) is 23.4. The van der Waals surface area contributed by atoms with E-state index in [1.165, 1.54) is 6.26 Å². The number of carbonyl (C=O) groups excluding carboxylic acids is 1. The predicted molar refractivity (Wildman–Crippen MR) is 126 cm³/mol. The Bertz CT molecular complexity index is 1130. The van der Waals surface area contributed by atoms with Crippen molar-refractivity contribution in [2.75, 3.05) is 31.9 Å². The smallest absolute Gasteiger partial charge is 0.231 e. The van der Waals surface area contributed by atoms with E-state index in [-0.39, 0.29) is 31.0 Å². The van der Waals surface area contributed by atoms with Crippen molar-refractivity contribution in [3.05, 3.63) is 53.6 Å². The fourth-order valence-corrected chi connectivity index (χ4v) is 5.33. The molecule has 0 aliphatic carbocycles. The summed E-state index contributed by atoms with van der Waals surface area (Å²) in [5, 5.41) is 0. The average molecular weight is 474 g/mol. The third-order valence-electron chi connectivity index (χ3n) is 6.27. The van der Waals surface area contributed by atoms with Gasteiger partial charge in [-0.2, -0.15) is 0 Å². The summed E-state index contributed by atoms with van der Waals surface area (Å²) in [5.41, 5.74) is 1.44. The maximum atomic E-state index is 13.2. The maximum Gasteiger partial charge on any atom is 0.231 e. The molecule has 0 saturated carbocycles. The number of hydrogen-bond donors (Lipinski definition) is 0. The van der Waals surface area contributed by atoms with E-state index in [1.807, 2.05) is 61.2 Å². The Balaban J connectivity index is 1.53. The number of rotatable bonds is 8. The van der Waals surface area contributed by atoms with Gasteiger partial charge in [0, 0.05) is 24.8 Å². The summed E-state index contributed by atoms with van der Waals surface area (Å²) in [6, 6.07) is 13.4. The zero-order valence-electron chi connectivity index (χ0n) is 19.4. The number of benzene rings is 2. The minimum atomic E-state index is -3.14. The van der Waals surface area contributed by atoms with Crippen molar-refractivity contribution in [2.24, 2.45) is 0 Å². The summed E-state index contributed by atoms with van der Waals surface area (Å²) in [6.07, 6.45) is 2.74. The number of likely N-dealkylation sites (tertiary alicyclic amines) is 1. The van der Waals surface area contributed by atoms with Crippen LogP contribution in [-0.4, -0.2) is 57.2 Å². The summed E-state index contributed by atoms with van der Waals surface area (Å²) >= 11 is 0. The standard InChI is InChI=1S/C25H31NO6S/c1-18(2)32-21-6-4-5-19(13-21)14-24(27)26-11-9-25(16-26,10-12-33(3,28)29)20-7-8-22-23(15-20)31-17-30-22/h4-8,13,15,18H,9-12,14,16-17H2,1-3H3. The normalized spacial score (nSPS) is 19.8. The lowest BCUT2D eigenvalue weighted by atomic mass is 9.77. The average Bonchev–Trinajstić information content (AvgIpc) is 3.39. The number of sulfone groups is 1. The van der Waals surface area contributed by atoms with Crippen LogP contribution in [0.1, 0.15) is 37.8 Å². The first-order valence-electron chi connectivity index (χ1n) is 11.2. The van der Waals surface area contributed by atoms with Crippen LogP contribution in [0.2, 0.25) is 0 Å². The van der Waals surface area contributed by atoms with Gasteiger partial charge in [0.1, 0.15) is 15.6 Å². The zero-order chi connectivity index (χ0) is 23.6. The minimum absolute atomic E-state index is 0.0265. The summed E-state index contributed by atoms with van der Waals surface area (Å²) in [4.78, 5) is 15.0. The van der Waals surface area contributed by atoms with E-state index >= 15 is 0 Å². The van der Waals surface area contributed by atoms with Crippen LogP contribution in [0.3, 0.4) is 0 Å². The molecule has 1 atom stereocenters. The number of nitrogens with zero attached hydrogens (tertiary/aromatic N) is 1. The van der Waals surface area contributed by atoms with E-state index in [0.29, 0.717) is 37.4 Å². The second-order valence-electron chi connectivity index (χ2n) is 9.28. The Kier molecular flexibility index (Phi) is 6.56. The maximum absolute atomic E-state index is 13.2. The van der Waals surface area contributed by atoms with Gasteiger partial charge < -0.3 is 19.1 Å². The van der Waals surface area contributed by atoms with E-state index in [0.717, 1.165) is 16.9 Å². The van der Waals surface area contributed by atoms with Crippen molar-refractivity contribution in [1.82, 2.24) is 4.90 Å². The monoisotopic (exact) mass is 473 g/mol. The highest BCUT2D eigenvalue weighted by Crippen LogP contribution is 2.43. The third-order valence-corrected chi connectivity index (χ3v) is 7.21. The minimum Gasteiger partial charge on any atom is -0.491 e. The molecule has 0 spiro atoms. The number of amides is 1. The van der Waals surface area contributed by atoms with Crippen molar-refractivity contribution in [1.29, 1.82) is 0 Å². The van der Waals surface area contributed by atoms with Gasteiger partial charge in [0.2, 0.25) is 12.7 Å². The topological polar surface area (TPSA) is 82.1 Å². The molecule has 2 aliphatic heterocycles. The fraction of sp³-hybridized carbons (Fsp3) is 0.480. The Morgan fingerprint density at radius 2 is 1.94 bits per heavy atom. The number of hydrogen-bond acceptors (Lipinski definition) is 6. The second kappa shape index (κ2) is 9.25. The van der Waals surface area contributed by atoms with Gasteiger partial charge >= 0.3 is 0 Å². The fourth-order valence-electron chi connectivity index (χ4n) is 4.56. The van der Waals surface area contributed by atoms with Crippen LogP contribution >= 0.6 is 0 Å². The van der Waals surface area contributed by atoms with Crippen molar-refractivity contribution in [2.45, 2.75) is 44.6 Å². The summed E-state index contributed by atoms with van der Waals surface area (Å²) < 4.78 is 40.7. The Labute approximate surface area is 195 Å². The zero-order valence-corrected chi connectivity index (χ0v) is 20.2. The van der Waals surface area contributed by atoms with Gasteiger partial charge in [0.05, 0.1) is 18.3 Å². The highest BCUT2D eigenvalue weighted by atomic mass is 32.2. The molecular formula is C25H31NO6S. The van der Waals surface area contributed by atoms with Crippen molar-refractivity contribution >= 4 is 15.7 Å². The van der Waals surface area contributed by atoms with E-state index in [2.05, 4.69) is 0 Å². The molecular weight excluding hydrogens is 442 g/mol. The summed E-state index contributed by atoms with van der Waals surface area (Å²) in [5.74, 6) is 2.19. The van der Waals surface area contributed by atoms with Crippen LogP contribution in [-0.2, 0) is 26.5 Å². The Morgan fingerprint density at radius 3 is 2.70 bits per heavy atom. The molecule has 8 heteroatoms. The third kappa shape index (κ3) is 5.61. The van der Waals surface area contributed by atoms with Crippen LogP contribution < -0.4 is 14.2 Å². The van der Waals surface area contributed by atoms with E-state index in [9.17, 15) is 13.2 Å². The van der Waals surface area contributed by atoms with Gasteiger partial charge in [-0.05, 0) is 62.1 Å². The molecule has 1 amide bonds. The van der Waals surface area contributed by atoms with Gasteiger partial charge in [-0.25, -0.2) is 8.42 Å². The number of carbonyl (C=O) groups is 1. The van der Waals surface area contributed by atoms with Gasteiger partial charge in [-0.1, -0.05) is 18.2 Å². The highest BCUT2D eigenvalue weighted by molar-refractivity contribution is 7.90. The van der Waals surface area contributed by atoms with Gasteiger partial charge in [0.25, 0.3) is 0 Å². The molecule has 7 nitrogen and oxygen atoms in total. The predicted octanol–water partition coefficient (Wildman–Crippen LogP) is 3.35. The molecule has 2 aromatic carbocycles. The SMILES string of the molecule is CC(C)Oc1cccc(CC(=O)N2CCC(CCS(C)(=O)=O)(c3ccc4c(c3)OCO4)C2)c1. The molecule has 178 valence electrons. The molecule has 1 unspecified atom stereocenters. The quantitative estimate of drug-likeness (QED) is 0.585. The lowest BCUT2D eigenvalue weighted by Gasteiger charge is -2.30. The molecule has 0 bridgehead atoms.